The number of pyridine rings is 2. The number of halogens is 4. The molecule has 1 aliphatic heterocycles. The molecule has 4 nitrogen and oxygen atoms in total. The van der Waals surface area contributed by atoms with E-state index in [2.05, 4.69) is 30.8 Å². The van der Waals surface area contributed by atoms with E-state index in [1.807, 2.05) is 17.2 Å². The Morgan fingerprint density at radius 2 is 1.83 bits per heavy atom. The Kier molecular flexibility index (Phi) is 5.05. The zero-order valence-corrected chi connectivity index (χ0v) is 14.4. The summed E-state index contributed by atoms with van der Waals surface area (Å²) in [5.74, 6) is 0.383. The Balaban J connectivity index is 1.61. The summed E-state index contributed by atoms with van der Waals surface area (Å²) in [6.07, 6.45) is -0.849. The lowest BCUT2D eigenvalue weighted by Gasteiger charge is -2.35. The van der Waals surface area contributed by atoms with Crippen molar-refractivity contribution in [2.24, 2.45) is 0 Å². The van der Waals surface area contributed by atoms with Crippen LogP contribution in [-0.2, 0) is 12.7 Å². The molecule has 0 amide bonds. The van der Waals surface area contributed by atoms with Gasteiger partial charge in [-0.1, -0.05) is 6.07 Å². The number of alkyl halides is 3. The number of hydrogen-bond acceptors (Lipinski definition) is 4. The summed E-state index contributed by atoms with van der Waals surface area (Å²) >= 11 is 3.40. The SMILES string of the molecule is FC(F)(F)c1cccc(N2CCN(Cc3cncc(Br)c3)CC2)n1. The standard InChI is InChI=1S/C16H16BrF3N4/c17-13-8-12(9-21-10-13)11-23-4-6-24(7-5-23)15-3-1-2-14(22-15)16(18,19)20/h1-3,8-10H,4-7,11H2. The van der Waals surface area contributed by atoms with Gasteiger partial charge in [0.1, 0.15) is 11.5 Å². The first kappa shape index (κ1) is 17.2. The third-order valence-electron chi connectivity index (χ3n) is 3.89. The van der Waals surface area contributed by atoms with E-state index < -0.39 is 11.9 Å². The number of nitrogens with zero attached hydrogens (tertiary/aromatic N) is 4. The minimum atomic E-state index is -4.41. The molecule has 0 atom stereocenters. The molecule has 0 aliphatic carbocycles. The van der Waals surface area contributed by atoms with Gasteiger partial charge in [-0.3, -0.25) is 9.88 Å². The predicted octanol–water partition coefficient (Wildman–Crippen LogP) is 3.58. The molecule has 1 aliphatic rings. The first-order valence-corrected chi connectivity index (χ1v) is 8.32. The summed E-state index contributed by atoms with van der Waals surface area (Å²) < 4.78 is 39.3. The molecule has 3 rings (SSSR count). The maximum Gasteiger partial charge on any atom is 0.433 e. The Bertz CT molecular complexity index is 700. The van der Waals surface area contributed by atoms with Crippen LogP contribution in [0.25, 0.3) is 0 Å². The van der Waals surface area contributed by atoms with Crippen LogP contribution in [0.15, 0.2) is 41.1 Å². The van der Waals surface area contributed by atoms with Crippen molar-refractivity contribution >= 4 is 21.7 Å². The molecule has 0 spiro atoms. The summed E-state index contributed by atoms with van der Waals surface area (Å²) in [6, 6.07) is 6.06. The van der Waals surface area contributed by atoms with Crippen molar-refractivity contribution in [1.29, 1.82) is 0 Å². The Hall–Kier alpha value is -1.67. The van der Waals surface area contributed by atoms with E-state index in [9.17, 15) is 13.2 Å². The molecule has 0 bridgehead atoms. The van der Waals surface area contributed by atoms with Crippen LogP contribution in [0, 0.1) is 0 Å². The van der Waals surface area contributed by atoms with Crippen LogP contribution in [0.3, 0.4) is 0 Å². The normalized spacial score (nSPS) is 16.4. The van der Waals surface area contributed by atoms with Crippen LogP contribution < -0.4 is 4.90 Å². The zero-order valence-electron chi connectivity index (χ0n) is 12.8. The molecular weight excluding hydrogens is 385 g/mol. The van der Waals surface area contributed by atoms with Crippen LogP contribution in [-0.4, -0.2) is 41.0 Å². The van der Waals surface area contributed by atoms with Crippen molar-refractivity contribution < 1.29 is 13.2 Å². The molecule has 0 unspecified atom stereocenters. The number of piperazine rings is 1. The second-order valence-electron chi connectivity index (χ2n) is 5.65. The lowest BCUT2D eigenvalue weighted by Crippen LogP contribution is -2.46. The summed E-state index contributed by atoms with van der Waals surface area (Å²) in [5.41, 5.74) is 0.262. The van der Waals surface area contributed by atoms with Crippen molar-refractivity contribution in [2.45, 2.75) is 12.7 Å². The van der Waals surface area contributed by atoms with E-state index in [-0.39, 0.29) is 0 Å². The van der Waals surface area contributed by atoms with Crippen molar-refractivity contribution in [3.8, 4) is 0 Å². The molecule has 0 aromatic carbocycles. The van der Waals surface area contributed by atoms with Gasteiger partial charge >= 0.3 is 6.18 Å². The smallest absolute Gasteiger partial charge is 0.354 e. The average molecular weight is 401 g/mol. The number of hydrogen-bond donors (Lipinski definition) is 0. The maximum atomic E-state index is 12.8. The fourth-order valence-electron chi connectivity index (χ4n) is 2.69. The molecule has 1 saturated heterocycles. The van der Waals surface area contributed by atoms with Crippen molar-refractivity contribution in [3.05, 3.63) is 52.4 Å². The molecule has 0 saturated carbocycles. The highest BCUT2D eigenvalue weighted by molar-refractivity contribution is 9.10. The van der Waals surface area contributed by atoms with E-state index in [0.29, 0.717) is 18.9 Å². The number of rotatable bonds is 3. The molecule has 3 heterocycles. The van der Waals surface area contributed by atoms with Gasteiger partial charge in [-0.2, -0.15) is 13.2 Å². The molecule has 2 aromatic rings. The second kappa shape index (κ2) is 7.06. The lowest BCUT2D eigenvalue weighted by molar-refractivity contribution is -0.141. The highest BCUT2D eigenvalue weighted by atomic mass is 79.9. The molecule has 0 N–H and O–H groups in total. The van der Waals surface area contributed by atoms with Crippen LogP contribution in [0.2, 0.25) is 0 Å². The molecule has 2 aromatic heterocycles. The van der Waals surface area contributed by atoms with E-state index in [4.69, 9.17) is 0 Å². The number of aromatic nitrogens is 2. The van der Waals surface area contributed by atoms with Crippen molar-refractivity contribution in [2.75, 3.05) is 31.1 Å². The number of anilines is 1. The largest absolute Gasteiger partial charge is 0.433 e. The summed E-state index contributed by atoms with van der Waals surface area (Å²) in [4.78, 5) is 12.1. The van der Waals surface area contributed by atoms with Gasteiger partial charge in [0.15, 0.2) is 0 Å². The summed E-state index contributed by atoms with van der Waals surface area (Å²) in [7, 11) is 0. The van der Waals surface area contributed by atoms with Gasteiger partial charge in [-0.25, -0.2) is 4.98 Å². The van der Waals surface area contributed by atoms with Gasteiger partial charge < -0.3 is 4.90 Å². The lowest BCUT2D eigenvalue weighted by atomic mass is 10.2. The molecule has 8 heteroatoms. The van der Waals surface area contributed by atoms with Gasteiger partial charge in [0, 0.05) is 49.6 Å². The zero-order chi connectivity index (χ0) is 17.2. The third-order valence-corrected chi connectivity index (χ3v) is 4.32. The molecule has 0 radical (unpaired) electrons. The average Bonchev–Trinajstić information content (AvgIpc) is 2.55. The summed E-state index contributed by atoms with van der Waals surface area (Å²) in [5, 5.41) is 0. The summed E-state index contributed by atoms with van der Waals surface area (Å²) in [6.45, 7) is 3.61. The Morgan fingerprint density at radius 3 is 2.50 bits per heavy atom. The first-order chi connectivity index (χ1) is 11.4. The van der Waals surface area contributed by atoms with Gasteiger partial charge in [-0.05, 0) is 39.7 Å². The van der Waals surface area contributed by atoms with Crippen LogP contribution in [0.1, 0.15) is 11.3 Å². The van der Waals surface area contributed by atoms with E-state index in [1.165, 1.54) is 6.07 Å². The van der Waals surface area contributed by atoms with Gasteiger partial charge in [-0.15, -0.1) is 0 Å². The van der Waals surface area contributed by atoms with E-state index >= 15 is 0 Å². The molecular formula is C16H16BrF3N4. The van der Waals surface area contributed by atoms with Gasteiger partial charge in [0.25, 0.3) is 0 Å². The fraction of sp³-hybridized carbons (Fsp3) is 0.375. The fourth-order valence-corrected chi connectivity index (χ4v) is 3.11. The van der Waals surface area contributed by atoms with Gasteiger partial charge in [0.05, 0.1) is 0 Å². The van der Waals surface area contributed by atoms with Crippen LogP contribution in [0.5, 0.6) is 0 Å². The van der Waals surface area contributed by atoms with Crippen molar-refractivity contribution in [3.63, 3.8) is 0 Å². The molecule has 24 heavy (non-hydrogen) atoms. The molecule has 128 valence electrons. The molecule has 1 fully saturated rings. The minimum Gasteiger partial charge on any atom is -0.354 e. The highest BCUT2D eigenvalue weighted by Gasteiger charge is 2.33. The Labute approximate surface area is 146 Å². The highest BCUT2D eigenvalue weighted by Crippen LogP contribution is 2.29. The van der Waals surface area contributed by atoms with Crippen molar-refractivity contribution in [1.82, 2.24) is 14.9 Å². The monoisotopic (exact) mass is 400 g/mol. The van der Waals surface area contributed by atoms with E-state index in [0.717, 1.165) is 35.7 Å². The predicted molar refractivity (Wildman–Crippen MR) is 88.7 cm³/mol. The van der Waals surface area contributed by atoms with Crippen LogP contribution in [0.4, 0.5) is 19.0 Å². The topological polar surface area (TPSA) is 32.3 Å². The van der Waals surface area contributed by atoms with Crippen LogP contribution >= 0.6 is 15.9 Å². The minimum absolute atomic E-state index is 0.383. The quantitative estimate of drug-likeness (QED) is 0.787. The maximum absolute atomic E-state index is 12.8. The first-order valence-electron chi connectivity index (χ1n) is 7.53. The van der Waals surface area contributed by atoms with Gasteiger partial charge in [0.2, 0.25) is 0 Å². The Morgan fingerprint density at radius 1 is 1.08 bits per heavy atom. The second-order valence-corrected chi connectivity index (χ2v) is 6.57. The van der Waals surface area contributed by atoms with E-state index in [1.54, 1.807) is 12.3 Å². The third kappa shape index (κ3) is 4.24.